The van der Waals surface area contributed by atoms with Gasteiger partial charge in [0.15, 0.2) is 18.1 Å². The van der Waals surface area contributed by atoms with Gasteiger partial charge >= 0.3 is 8.25 Å². The molecule has 2 rings (SSSR count). The maximum atomic E-state index is 12.0. The second kappa shape index (κ2) is 6.63. The molecule has 22 heavy (non-hydrogen) atoms. The minimum atomic E-state index is -2.28. The van der Waals surface area contributed by atoms with Gasteiger partial charge in [-0.3, -0.25) is 0 Å². The molecular formula is C16H24O5P+. The topological polar surface area (TPSA) is 54.0 Å². The fourth-order valence-corrected chi connectivity index (χ4v) is 3.28. The molecular weight excluding hydrogens is 303 g/mol. The average Bonchev–Trinajstić information content (AvgIpc) is 2.67. The van der Waals surface area contributed by atoms with E-state index in [0.717, 1.165) is 0 Å². The van der Waals surface area contributed by atoms with E-state index in [9.17, 15) is 4.57 Å². The van der Waals surface area contributed by atoms with Gasteiger partial charge in [0.25, 0.3) is 0 Å². The van der Waals surface area contributed by atoms with Gasteiger partial charge in [0.1, 0.15) is 0 Å². The molecule has 1 fully saturated rings. The zero-order valence-corrected chi connectivity index (χ0v) is 14.6. The van der Waals surface area contributed by atoms with E-state index in [0.29, 0.717) is 5.75 Å². The van der Waals surface area contributed by atoms with Crippen molar-refractivity contribution in [3.8, 4) is 5.75 Å². The lowest BCUT2D eigenvalue weighted by Gasteiger charge is -2.32. The number of ether oxygens (including phenoxy) is 2. The fraction of sp³-hybridized carbons (Fsp3) is 0.625. The van der Waals surface area contributed by atoms with Gasteiger partial charge in [-0.05, 0) is 24.5 Å². The minimum Gasteiger partial charge on any atom is -0.351 e. The Morgan fingerprint density at radius 3 is 2.36 bits per heavy atom. The molecule has 0 amide bonds. The smallest absolute Gasteiger partial charge is 0.351 e. The molecule has 4 atom stereocenters. The highest BCUT2D eigenvalue weighted by atomic mass is 31.1. The van der Waals surface area contributed by atoms with Gasteiger partial charge in [0.2, 0.25) is 0 Å². The van der Waals surface area contributed by atoms with Crippen LogP contribution in [-0.2, 0) is 18.6 Å². The number of hydrogen-bond acceptors (Lipinski definition) is 5. The van der Waals surface area contributed by atoms with Gasteiger partial charge in [-0.25, -0.2) is 4.52 Å². The highest BCUT2D eigenvalue weighted by Crippen LogP contribution is 2.50. The molecule has 5 nitrogen and oxygen atoms in total. The monoisotopic (exact) mass is 327 g/mol. The molecule has 0 aliphatic carbocycles. The van der Waals surface area contributed by atoms with Crippen molar-refractivity contribution < 1.29 is 23.1 Å². The number of para-hydroxylation sites is 1. The summed E-state index contributed by atoms with van der Waals surface area (Å²) >= 11 is 0. The van der Waals surface area contributed by atoms with Crippen LogP contribution >= 0.6 is 8.25 Å². The molecule has 122 valence electrons. The molecule has 1 saturated heterocycles. The summed E-state index contributed by atoms with van der Waals surface area (Å²) in [6.07, 6.45) is 0.0129. The van der Waals surface area contributed by atoms with Crippen LogP contribution in [0.2, 0.25) is 0 Å². The van der Waals surface area contributed by atoms with Crippen LogP contribution in [-0.4, -0.2) is 25.6 Å². The first-order valence-electron chi connectivity index (χ1n) is 7.38. The highest BCUT2D eigenvalue weighted by Gasteiger charge is 2.57. The van der Waals surface area contributed by atoms with E-state index in [2.05, 4.69) is 20.8 Å². The van der Waals surface area contributed by atoms with Crippen LogP contribution in [0.5, 0.6) is 5.75 Å². The molecule has 1 aromatic carbocycles. The summed E-state index contributed by atoms with van der Waals surface area (Å²) in [5, 5.41) is 0. The van der Waals surface area contributed by atoms with E-state index in [4.69, 9.17) is 18.5 Å². The number of benzene rings is 1. The summed E-state index contributed by atoms with van der Waals surface area (Å²) in [6, 6.07) is 8.92. The second-order valence-corrected chi connectivity index (χ2v) is 7.11. The van der Waals surface area contributed by atoms with Gasteiger partial charge in [-0.1, -0.05) is 39.0 Å². The highest BCUT2D eigenvalue weighted by molar-refractivity contribution is 7.33. The lowest BCUT2D eigenvalue weighted by atomic mass is 9.75. The van der Waals surface area contributed by atoms with E-state index in [1.165, 1.54) is 0 Å². The van der Waals surface area contributed by atoms with Gasteiger partial charge in [-0.2, -0.15) is 0 Å². The molecule has 0 N–H and O–H groups in total. The Bertz CT molecular complexity index is 519. The van der Waals surface area contributed by atoms with E-state index in [1.807, 2.05) is 25.1 Å². The second-order valence-electron chi connectivity index (χ2n) is 6.22. The Labute approximate surface area is 132 Å². The van der Waals surface area contributed by atoms with E-state index < -0.39 is 14.0 Å². The van der Waals surface area contributed by atoms with Crippen LogP contribution in [0.1, 0.15) is 27.7 Å². The van der Waals surface area contributed by atoms with Crippen LogP contribution < -0.4 is 4.52 Å². The maximum absolute atomic E-state index is 12.0. The summed E-state index contributed by atoms with van der Waals surface area (Å²) in [5.74, 6) is -0.321. The third-order valence-electron chi connectivity index (χ3n) is 4.84. The average molecular weight is 327 g/mol. The van der Waals surface area contributed by atoms with Gasteiger partial charge in [-0.15, -0.1) is 4.52 Å². The molecule has 0 saturated carbocycles. The summed E-state index contributed by atoms with van der Waals surface area (Å²) in [6.45, 7) is 8.38. The molecule has 0 radical (unpaired) electrons. The Morgan fingerprint density at radius 1 is 1.23 bits per heavy atom. The van der Waals surface area contributed by atoms with Gasteiger partial charge in [0.05, 0.1) is 6.10 Å². The summed E-state index contributed by atoms with van der Waals surface area (Å²) < 4.78 is 34.2. The number of rotatable bonds is 6. The van der Waals surface area contributed by atoms with Crippen LogP contribution in [0.4, 0.5) is 0 Å². The van der Waals surface area contributed by atoms with Gasteiger partial charge < -0.3 is 9.47 Å². The molecule has 1 aliphatic rings. The molecule has 0 spiro atoms. The van der Waals surface area contributed by atoms with Crippen molar-refractivity contribution in [3.05, 3.63) is 30.3 Å². The zero-order valence-electron chi connectivity index (χ0n) is 13.7. The largest absolute Gasteiger partial charge is 0.750 e. The van der Waals surface area contributed by atoms with Crippen molar-refractivity contribution in [2.75, 3.05) is 13.7 Å². The van der Waals surface area contributed by atoms with Crippen LogP contribution in [0, 0.1) is 11.3 Å². The number of methoxy groups -OCH3 is 1. The predicted molar refractivity (Wildman–Crippen MR) is 83.9 cm³/mol. The Kier molecular flexibility index (Phi) is 5.23. The standard InChI is InChI=1S/C16H24O5P/c1-12-15(3,4)13(2)20-16(12,18-5)11-19-22(17)21-14-9-7-6-8-10-14/h6-10,12-13H,11H2,1-5H3/q+1/t12-,13-,16+/m0/s1. The number of hydrogen-bond donors (Lipinski definition) is 0. The van der Waals surface area contributed by atoms with E-state index >= 15 is 0 Å². The van der Waals surface area contributed by atoms with E-state index in [1.54, 1.807) is 19.2 Å². The van der Waals surface area contributed by atoms with Crippen molar-refractivity contribution in [1.82, 2.24) is 0 Å². The zero-order chi connectivity index (χ0) is 16.4. The fourth-order valence-electron chi connectivity index (χ4n) is 2.65. The van der Waals surface area contributed by atoms with Crippen LogP contribution in [0.15, 0.2) is 30.3 Å². The van der Waals surface area contributed by atoms with Crippen molar-refractivity contribution in [3.63, 3.8) is 0 Å². The SMILES string of the molecule is CO[C@]1(CO[P+](=O)Oc2ccccc2)O[C@@H](C)C(C)(C)[C@@H]1C. The van der Waals surface area contributed by atoms with Crippen molar-refractivity contribution in [2.24, 2.45) is 11.3 Å². The predicted octanol–water partition coefficient (Wildman–Crippen LogP) is 4.16. The summed E-state index contributed by atoms with van der Waals surface area (Å²) in [5.41, 5.74) is -0.0642. The lowest BCUT2D eigenvalue weighted by Crippen LogP contribution is -2.43. The summed E-state index contributed by atoms with van der Waals surface area (Å²) in [4.78, 5) is 0. The van der Waals surface area contributed by atoms with Crippen molar-refractivity contribution in [2.45, 2.75) is 39.6 Å². The Hall–Kier alpha value is -1.00. The normalized spacial score (nSPS) is 31.0. The van der Waals surface area contributed by atoms with Crippen molar-refractivity contribution >= 4 is 8.25 Å². The van der Waals surface area contributed by atoms with E-state index in [-0.39, 0.29) is 24.0 Å². The summed E-state index contributed by atoms with van der Waals surface area (Å²) in [7, 11) is -0.702. The quantitative estimate of drug-likeness (QED) is 0.734. The molecule has 1 aromatic rings. The Balaban J connectivity index is 1.98. The molecule has 1 unspecified atom stereocenters. The minimum absolute atomic E-state index is 0.0129. The van der Waals surface area contributed by atoms with Crippen molar-refractivity contribution in [1.29, 1.82) is 0 Å². The molecule has 0 aromatic heterocycles. The first-order chi connectivity index (χ1) is 10.3. The third-order valence-corrected chi connectivity index (χ3v) is 5.54. The molecule has 6 heteroatoms. The van der Waals surface area contributed by atoms with Crippen LogP contribution in [0.3, 0.4) is 0 Å². The third kappa shape index (κ3) is 3.33. The lowest BCUT2D eigenvalue weighted by molar-refractivity contribution is -0.240. The molecule has 1 aliphatic heterocycles. The first-order valence-corrected chi connectivity index (χ1v) is 8.47. The molecule has 0 bridgehead atoms. The first kappa shape index (κ1) is 17.4. The van der Waals surface area contributed by atoms with Crippen LogP contribution in [0.25, 0.3) is 0 Å². The molecule has 1 heterocycles. The maximum Gasteiger partial charge on any atom is 0.750 e. The Morgan fingerprint density at radius 2 is 1.86 bits per heavy atom. The van der Waals surface area contributed by atoms with Gasteiger partial charge in [0, 0.05) is 17.6 Å².